The first-order valence-corrected chi connectivity index (χ1v) is 12.1. The number of aromatic nitrogens is 3. The predicted octanol–water partition coefficient (Wildman–Crippen LogP) is 6.75. The van der Waals surface area contributed by atoms with Crippen LogP contribution in [-0.4, -0.2) is 26.4 Å². The maximum atomic E-state index is 12.4. The number of benzene rings is 2. The molecule has 0 aliphatic rings. The number of nitrogens with zero attached hydrogens (tertiary/aromatic N) is 3. The van der Waals surface area contributed by atoms with Crippen LogP contribution in [-0.2, 0) is 11.3 Å². The van der Waals surface area contributed by atoms with Gasteiger partial charge in [0.15, 0.2) is 17.1 Å². The summed E-state index contributed by atoms with van der Waals surface area (Å²) in [6, 6.07) is 8.89. The van der Waals surface area contributed by atoms with Gasteiger partial charge in [-0.25, -0.2) is 0 Å². The van der Waals surface area contributed by atoms with Crippen molar-refractivity contribution in [2.75, 3.05) is 11.1 Å². The molecule has 0 saturated carbocycles. The highest BCUT2D eigenvalue weighted by atomic mass is 35.5. The van der Waals surface area contributed by atoms with Crippen molar-refractivity contribution >= 4 is 58.2 Å². The number of carbonyl (C=O) groups excluding carboxylic acids is 1. The lowest BCUT2D eigenvalue weighted by atomic mass is 10.1. The van der Waals surface area contributed by atoms with Crippen molar-refractivity contribution < 1.29 is 9.53 Å². The monoisotopic (exact) mass is 512 g/mol. The lowest BCUT2D eigenvalue weighted by Crippen LogP contribution is -2.15. The summed E-state index contributed by atoms with van der Waals surface area (Å²) in [6.45, 7) is 8.43. The number of ether oxygens (including phenoxy) is 1. The molecule has 170 valence electrons. The van der Waals surface area contributed by atoms with Gasteiger partial charge in [0.05, 0.1) is 21.5 Å². The van der Waals surface area contributed by atoms with Crippen LogP contribution >= 0.6 is 46.6 Å². The number of carbonyl (C=O) groups is 1. The zero-order valence-corrected chi connectivity index (χ0v) is 21.2. The highest BCUT2D eigenvalue weighted by Gasteiger charge is 2.20. The molecule has 10 heteroatoms. The molecular formula is C22H23Cl3N4O2S. The summed E-state index contributed by atoms with van der Waals surface area (Å²) < 4.78 is 8.04. The minimum absolute atomic E-state index is 0.145. The summed E-state index contributed by atoms with van der Waals surface area (Å²) >= 11 is 19.7. The number of thioether (sulfide) groups is 1. The minimum atomic E-state index is -0.337. The van der Waals surface area contributed by atoms with E-state index in [1.165, 1.54) is 11.8 Å². The average molecular weight is 514 g/mol. The molecule has 0 aliphatic heterocycles. The fourth-order valence-electron chi connectivity index (χ4n) is 3.15. The van der Waals surface area contributed by atoms with E-state index in [0.29, 0.717) is 33.3 Å². The summed E-state index contributed by atoms with van der Waals surface area (Å²) in [6.07, 6.45) is -0.337. The van der Waals surface area contributed by atoms with Crippen LogP contribution in [0.4, 0.5) is 5.69 Å². The molecule has 0 bridgehead atoms. The number of halogens is 3. The van der Waals surface area contributed by atoms with Gasteiger partial charge in [-0.2, -0.15) is 0 Å². The largest absolute Gasteiger partial charge is 0.483 e. The summed E-state index contributed by atoms with van der Waals surface area (Å²) in [5.41, 5.74) is 2.37. The number of rotatable bonds is 8. The van der Waals surface area contributed by atoms with Gasteiger partial charge in [0, 0.05) is 11.6 Å². The van der Waals surface area contributed by atoms with Crippen LogP contribution < -0.4 is 10.1 Å². The summed E-state index contributed by atoms with van der Waals surface area (Å²) in [7, 11) is 0. The SMILES string of the molecule is CCn1c(SCC(=O)Nc2cccc(Cl)c2Cl)nnc1C(C)Oc1cc(C)c(Cl)c(C)c1. The summed E-state index contributed by atoms with van der Waals surface area (Å²) in [5.74, 6) is 1.32. The molecule has 1 N–H and O–H groups in total. The summed E-state index contributed by atoms with van der Waals surface area (Å²) in [5, 5.41) is 13.4. The van der Waals surface area contributed by atoms with Crippen LogP contribution in [0.15, 0.2) is 35.5 Å². The lowest BCUT2D eigenvalue weighted by molar-refractivity contribution is -0.113. The maximum Gasteiger partial charge on any atom is 0.234 e. The molecule has 0 fully saturated rings. The van der Waals surface area contributed by atoms with Gasteiger partial charge in [0.25, 0.3) is 0 Å². The maximum absolute atomic E-state index is 12.4. The van der Waals surface area contributed by atoms with Gasteiger partial charge in [-0.15, -0.1) is 10.2 Å². The van der Waals surface area contributed by atoms with Crippen molar-refractivity contribution in [1.82, 2.24) is 14.8 Å². The van der Waals surface area contributed by atoms with E-state index in [0.717, 1.165) is 21.9 Å². The lowest BCUT2D eigenvalue weighted by Gasteiger charge is -2.17. The molecule has 3 aromatic rings. The highest BCUT2D eigenvalue weighted by molar-refractivity contribution is 7.99. The van der Waals surface area contributed by atoms with E-state index in [1.54, 1.807) is 18.2 Å². The van der Waals surface area contributed by atoms with Gasteiger partial charge in [-0.1, -0.05) is 52.6 Å². The molecule has 0 spiro atoms. The zero-order valence-electron chi connectivity index (χ0n) is 18.1. The molecule has 0 saturated heterocycles. The third kappa shape index (κ3) is 5.70. The Bertz CT molecular complexity index is 1110. The predicted molar refractivity (Wildman–Crippen MR) is 131 cm³/mol. The first-order valence-electron chi connectivity index (χ1n) is 9.94. The molecular weight excluding hydrogens is 491 g/mol. The molecule has 1 unspecified atom stereocenters. The second kappa shape index (κ2) is 10.8. The topological polar surface area (TPSA) is 69.0 Å². The number of nitrogens with one attached hydrogen (secondary N) is 1. The Morgan fingerprint density at radius 2 is 1.84 bits per heavy atom. The first-order chi connectivity index (χ1) is 15.2. The molecule has 1 heterocycles. The van der Waals surface area contributed by atoms with Crippen molar-refractivity contribution in [3.63, 3.8) is 0 Å². The van der Waals surface area contributed by atoms with Crippen molar-refractivity contribution in [3.05, 3.63) is 62.4 Å². The first kappa shape index (κ1) is 24.7. The Labute approximate surface area is 206 Å². The van der Waals surface area contributed by atoms with E-state index < -0.39 is 0 Å². The normalized spacial score (nSPS) is 12.0. The van der Waals surface area contributed by atoms with Gasteiger partial charge >= 0.3 is 0 Å². The fourth-order valence-corrected chi connectivity index (χ4v) is 4.42. The van der Waals surface area contributed by atoms with Gasteiger partial charge < -0.3 is 14.6 Å². The minimum Gasteiger partial charge on any atom is -0.483 e. The van der Waals surface area contributed by atoms with Crippen molar-refractivity contribution in [2.45, 2.75) is 45.5 Å². The highest BCUT2D eigenvalue weighted by Crippen LogP contribution is 2.31. The van der Waals surface area contributed by atoms with Gasteiger partial charge in [0.2, 0.25) is 5.91 Å². The van der Waals surface area contributed by atoms with Crippen LogP contribution in [0, 0.1) is 13.8 Å². The second-order valence-corrected chi connectivity index (χ2v) is 9.26. The van der Waals surface area contributed by atoms with Crippen molar-refractivity contribution in [2.24, 2.45) is 0 Å². The number of anilines is 1. The fraction of sp³-hybridized carbons (Fsp3) is 0.318. The Balaban J connectivity index is 1.67. The van der Waals surface area contributed by atoms with Crippen LogP contribution in [0.1, 0.15) is 36.9 Å². The smallest absolute Gasteiger partial charge is 0.234 e. The number of hydrogen-bond donors (Lipinski definition) is 1. The van der Waals surface area contributed by atoms with E-state index in [4.69, 9.17) is 39.5 Å². The number of hydrogen-bond acceptors (Lipinski definition) is 5. The molecule has 3 rings (SSSR count). The van der Waals surface area contributed by atoms with Gasteiger partial charge in [-0.05, 0) is 63.1 Å². The molecule has 0 aliphatic carbocycles. The van der Waals surface area contributed by atoms with E-state index in [-0.39, 0.29) is 17.8 Å². The van der Waals surface area contributed by atoms with Crippen molar-refractivity contribution in [1.29, 1.82) is 0 Å². The number of aryl methyl sites for hydroxylation is 2. The molecule has 1 atom stereocenters. The van der Waals surface area contributed by atoms with Crippen LogP contribution in [0.2, 0.25) is 15.1 Å². The Morgan fingerprint density at radius 1 is 1.16 bits per heavy atom. The summed E-state index contributed by atoms with van der Waals surface area (Å²) in [4.78, 5) is 12.4. The molecule has 1 amide bonds. The molecule has 1 aromatic heterocycles. The standard InChI is InChI=1S/C22H23Cl3N4O2S/c1-5-29-21(14(4)31-15-9-12(2)19(24)13(3)10-15)27-28-22(29)32-11-18(30)26-17-8-6-7-16(23)20(17)25/h6-10,14H,5,11H2,1-4H3,(H,26,30). The molecule has 6 nitrogen and oxygen atoms in total. The van der Waals surface area contributed by atoms with E-state index in [9.17, 15) is 4.79 Å². The zero-order chi connectivity index (χ0) is 23.4. The second-order valence-electron chi connectivity index (χ2n) is 7.15. The van der Waals surface area contributed by atoms with Gasteiger partial charge in [0.1, 0.15) is 5.75 Å². The Kier molecular flexibility index (Phi) is 8.33. The van der Waals surface area contributed by atoms with Crippen molar-refractivity contribution in [3.8, 4) is 5.75 Å². The number of amides is 1. The quantitative estimate of drug-likeness (QED) is 0.338. The Morgan fingerprint density at radius 3 is 2.50 bits per heavy atom. The third-order valence-electron chi connectivity index (χ3n) is 4.71. The van der Waals surface area contributed by atoms with E-state index in [1.807, 2.05) is 44.4 Å². The average Bonchev–Trinajstić information content (AvgIpc) is 3.17. The van der Waals surface area contributed by atoms with Crippen LogP contribution in [0.25, 0.3) is 0 Å². The van der Waals surface area contributed by atoms with E-state index >= 15 is 0 Å². The Hall–Kier alpha value is -1.93. The molecule has 2 aromatic carbocycles. The van der Waals surface area contributed by atoms with Crippen LogP contribution in [0.5, 0.6) is 5.75 Å². The third-order valence-corrected chi connectivity index (χ3v) is 7.09. The van der Waals surface area contributed by atoms with Gasteiger partial charge in [-0.3, -0.25) is 4.79 Å². The molecule has 32 heavy (non-hydrogen) atoms. The van der Waals surface area contributed by atoms with Crippen LogP contribution in [0.3, 0.4) is 0 Å². The molecule has 0 radical (unpaired) electrons. The van der Waals surface area contributed by atoms with E-state index in [2.05, 4.69) is 15.5 Å².